The average Bonchev–Trinajstić information content (AvgIpc) is 3.07. The quantitative estimate of drug-likeness (QED) is 0.556. The highest BCUT2D eigenvalue weighted by Crippen LogP contribution is 2.34. The lowest BCUT2D eigenvalue weighted by Crippen LogP contribution is -2.49. The first kappa shape index (κ1) is 28.3. The van der Waals surface area contributed by atoms with Crippen LogP contribution in [0.2, 0.25) is 0 Å². The van der Waals surface area contributed by atoms with Crippen LogP contribution in [-0.2, 0) is 15.7 Å². The van der Waals surface area contributed by atoms with Crippen LogP contribution in [0.5, 0.6) is 0 Å². The Balaban J connectivity index is 1.91. The molecule has 0 saturated carbocycles. The summed E-state index contributed by atoms with van der Waals surface area (Å²) in [6.45, 7) is 7.96. The summed E-state index contributed by atoms with van der Waals surface area (Å²) in [5, 5.41) is 5.61. The zero-order valence-corrected chi connectivity index (χ0v) is 21.5. The van der Waals surface area contributed by atoms with Gasteiger partial charge in [0, 0.05) is 51.5 Å². The number of urea groups is 2. The fourth-order valence-electron chi connectivity index (χ4n) is 4.39. The van der Waals surface area contributed by atoms with Crippen molar-refractivity contribution < 1.29 is 32.3 Å². The lowest BCUT2D eigenvalue weighted by atomic mass is 9.93. The molecule has 2 heterocycles. The summed E-state index contributed by atoms with van der Waals surface area (Å²) in [5.74, 6) is -0.651. The molecule has 0 bridgehead atoms. The van der Waals surface area contributed by atoms with Crippen LogP contribution < -0.4 is 10.6 Å². The molecule has 1 unspecified atom stereocenters. The zero-order chi connectivity index (χ0) is 27.3. The molecule has 0 aromatic heterocycles. The highest BCUT2D eigenvalue weighted by molar-refractivity contribution is 5.95. The van der Waals surface area contributed by atoms with Crippen LogP contribution in [0.1, 0.15) is 44.4 Å². The first-order chi connectivity index (χ1) is 17.4. The van der Waals surface area contributed by atoms with Crippen LogP contribution in [-0.4, -0.2) is 85.2 Å². The van der Waals surface area contributed by atoms with Crippen molar-refractivity contribution in [3.8, 4) is 0 Å². The van der Waals surface area contributed by atoms with E-state index < -0.39 is 29.8 Å². The van der Waals surface area contributed by atoms with Gasteiger partial charge in [-0.3, -0.25) is 9.80 Å². The summed E-state index contributed by atoms with van der Waals surface area (Å²) >= 11 is 0. The molecule has 0 radical (unpaired) electrons. The minimum Gasteiger partial charge on any atom is -0.463 e. The Bertz CT molecular complexity index is 1030. The van der Waals surface area contributed by atoms with Gasteiger partial charge in [0.05, 0.1) is 23.8 Å². The summed E-state index contributed by atoms with van der Waals surface area (Å²) in [6.07, 6.45) is -3.81. The molecule has 1 aromatic rings. The topological polar surface area (TPSA) is 94.2 Å². The molecule has 1 saturated heterocycles. The molecule has 2 aliphatic rings. The Morgan fingerprint density at radius 1 is 1.14 bits per heavy atom. The molecule has 1 aromatic carbocycles. The van der Waals surface area contributed by atoms with Gasteiger partial charge in [0.1, 0.15) is 0 Å². The van der Waals surface area contributed by atoms with Gasteiger partial charge < -0.3 is 20.3 Å². The Hall–Kier alpha value is -3.28. The normalized spacial score (nSPS) is 19.6. The standard InChI is InChI=1S/C25H34F3N5O4/c1-5-37-22(34)20-19(15-32-11-6-12-33(14-13-32)24(36)29-16(2)3)31(4)23(35)30-21(20)17-7-9-18(10-8-17)25(26,27)28/h7-10,16,21H,5-6,11-15H2,1-4H3,(H,29,36)(H,30,35). The Kier molecular flexibility index (Phi) is 9.06. The summed E-state index contributed by atoms with van der Waals surface area (Å²) in [6, 6.07) is 2.78. The van der Waals surface area contributed by atoms with E-state index >= 15 is 0 Å². The van der Waals surface area contributed by atoms with Gasteiger partial charge in [-0.25, -0.2) is 14.4 Å². The van der Waals surface area contributed by atoms with Gasteiger partial charge in [0.25, 0.3) is 0 Å². The SMILES string of the molecule is CCOC(=O)C1=C(CN2CCCN(C(=O)NC(C)C)CC2)N(C)C(=O)NC1c1ccc(C(F)(F)F)cc1. The van der Waals surface area contributed by atoms with E-state index in [4.69, 9.17) is 4.74 Å². The van der Waals surface area contributed by atoms with Crippen LogP contribution in [0.15, 0.2) is 35.5 Å². The summed E-state index contributed by atoms with van der Waals surface area (Å²) in [4.78, 5) is 43.5. The first-order valence-electron chi connectivity index (χ1n) is 12.3. The van der Waals surface area contributed by atoms with Crippen LogP contribution in [0.4, 0.5) is 22.8 Å². The molecule has 2 aliphatic heterocycles. The number of halogens is 3. The number of ether oxygens (including phenoxy) is 1. The minimum absolute atomic E-state index is 0.0145. The number of nitrogens with one attached hydrogen (secondary N) is 2. The molecule has 1 fully saturated rings. The smallest absolute Gasteiger partial charge is 0.416 e. The number of benzene rings is 1. The van der Waals surface area contributed by atoms with E-state index in [2.05, 4.69) is 15.5 Å². The minimum atomic E-state index is -4.51. The van der Waals surface area contributed by atoms with E-state index in [9.17, 15) is 27.6 Å². The molecule has 0 aliphatic carbocycles. The molecule has 1 atom stereocenters. The monoisotopic (exact) mass is 525 g/mol. The maximum atomic E-state index is 13.1. The lowest BCUT2D eigenvalue weighted by Gasteiger charge is -2.36. The second-order valence-corrected chi connectivity index (χ2v) is 9.36. The number of hydrogen-bond acceptors (Lipinski definition) is 5. The number of carbonyl (C=O) groups is 3. The number of amides is 4. The van der Waals surface area contributed by atoms with Gasteiger partial charge in [-0.15, -0.1) is 0 Å². The lowest BCUT2D eigenvalue weighted by molar-refractivity contribution is -0.139. The largest absolute Gasteiger partial charge is 0.463 e. The van der Waals surface area contributed by atoms with Crippen LogP contribution in [0, 0.1) is 0 Å². The molecule has 2 N–H and O–H groups in total. The summed E-state index contributed by atoms with van der Waals surface area (Å²) in [7, 11) is 1.53. The third-order valence-corrected chi connectivity index (χ3v) is 6.30. The van der Waals surface area contributed by atoms with E-state index in [0.29, 0.717) is 43.9 Å². The summed E-state index contributed by atoms with van der Waals surface area (Å²) in [5.41, 5.74) is 0.0879. The van der Waals surface area contributed by atoms with Gasteiger partial charge in [0.15, 0.2) is 0 Å². The molecular formula is C25H34F3N5O4. The van der Waals surface area contributed by atoms with Crippen molar-refractivity contribution in [1.82, 2.24) is 25.3 Å². The highest BCUT2D eigenvalue weighted by Gasteiger charge is 2.38. The molecule has 0 spiro atoms. The van der Waals surface area contributed by atoms with Crippen molar-refractivity contribution in [3.05, 3.63) is 46.7 Å². The Morgan fingerprint density at radius 2 is 1.81 bits per heavy atom. The Labute approximate surface area is 214 Å². The molecule has 9 nitrogen and oxygen atoms in total. The molecule has 37 heavy (non-hydrogen) atoms. The van der Waals surface area contributed by atoms with Crippen LogP contribution >= 0.6 is 0 Å². The van der Waals surface area contributed by atoms with Crippen molar-refractivity contribution in [1.29, 1.82) is 0 Å². The number of esters is 1. The van der Waals surface area contributed by atoms with Crippen LogP contribution in [0.3, 0.4) is 0 Å². The molecule has 3 rings (SSSR count). The molecule has 204 valence electrons. The maximum absolute atomic E-state index is 13.1. The number of alkyl halides is 3. The van der Waals surface area contributed by atoms with E-state index in [1.807, 2.05) is 13.8 Å². The maximum Gasteiger partial charge on any atom is 0.416 e. The van der Waals surface area contributed by atoms with Crippen molar-refractivity contribution in [3.63, 3.8) is 0 Å². The van der Waals surface area contributed by atoms with E-state index in [1.165, 1.54) is 24.1 Å². The van der Waals surface area contributed by atoms with Crippen molar-refractivity contribution in [2.75, 3.05) is 46.4 Å². The number of hydrogen-bond donors (Lipinski definition) is 2. The predicted octanol–water partition coefficient (Wildman–Crippen LogP) is 3.34. The van der Waals surface area contributed by atoms with E-state index in [-0.39, 0.29) is 30.8 Å². The predicted molar refractivity (Wildman–Crippen MR) is 130 cm³/mol. The second kappa shape index (κ2) is 11.8. The summed E-state index contributed by atoms with van der Waals surface area (Å²) < 4.78 is 44.5. The fraction of sp³-hybridized carbons (Fsp3) is 0.560. The first-order valence-corrected chi connectivity index (χ1v) is 12.3. The van der Waals surface area contributed by atoms with Gasteiger partial charge in [-0.1, -0.05) is 12.1 Å². The van der Waals surface area contributed by atoms with Gasteiger partial charge in [-0.2, -0.15) is 13.2 Å². The van der Waals surface area contributed by atoms with Crippen molar-refractivity contribution >= 4 is 18.0 Å². The second-order valence-electron chi connectivity index (χ2n) is 9.36. The molecule has 12 heteroatoms. The number of likely N-dealkylation sites (N-methyl/N-ethyl adjacent to an activating group) is 1. The third kappa shape index (κ3) is 6.94. The average molecular weight is 526 g/mol. The fourth-order valence-corrected chi connectivity index (χ4v) is 4.39. The van der Waals surface area contributed by atoms with Crippen molar-refractivity contribution in [2.24, 2.45) is 0 Å². The third-order valence-electron chi connectivity index (χ3n) is 6.30. The molecule has 4 amide bonds. The number of nitrogens with zero attached hydrogens (tertiary/aromatic N) is 3. The number of carbonyl (C=O) groups excluding carboxylic acids is 3. The Morgan fingerprint density at radius 3 is 2.41 bits per heavy atom. The highest BCUT2D eigenvalue weighted by atomic mass is 19.4. The number of rotatable bonds is 6. The van der Waals surface area contributed by atoms with Gasteiger partial charge in [0.2, 0.25) is 0 Å². The van der Waals surface area contributed by atoms with E-state index in [1.54, 1.807) is 11.8 Å². The van der Waals surface area contributed by atoms with Crippen LogP contribution in [0.25, 0.3) is 0 Å². The van der Waals surface area contributed by atoms with Crippen molar-refractivity contribution in [2.45, 2.75) is 45.5 Å². The zero-order valence-electron chi connectivity index (χ0n) is 21.5. The van der Waals surface area contributed by atoms with Gasteiger partial charge in [-0.05, 0) is 44.9 Å². The van der Waals surface area contributed by atoms with E-state index in [0.717, 1.165) is 12.1 Å². The molecular weight excluding hydrogens is 491 g/mol. The van der Waals surface area contributed by atoms with Gasteiger partial charge >= 0.3 is 24.2 Å².